The maximum Gasteiger partial charge on any atom is 0.407 e. The smallest absolute Gasteiger partial charge is 0.407 e. The molecule has 7 rings (SSSR count). The van der Waals surface area contributed by atoms with Crippen LogP contribution in [0.3, 0.4) is 0 Å². The second kappa shape index (κ2) is 20.0. The summed E-state index contributed by atoms with van der Waals surface area (Å²) in [5.74, 6) is 4.81. The number of alkyl carbamates (subject to hydrolysis) is 1. The van der Waals surface area contributed by atoms with Gasteiger partial charge in [-0.15, -0.1) is 0 Å². The minimum Gasteiger partial charge on any atom is -0.461 e. The first-order valence-electron chi connectivity index (χ1n) is 23.3. The Hall–Kier alpha value is -3.43. The molecule has 59 heavy (non-hydrogen) atoms. The maximum absolute atomic E-state index is 12.9. The zero-order chi connectivity index (χ0) is 41.4. The third kappa shape index (κ3) is 10.4. The van der Waals surface area contributed by atoms with Gasteiger partial charge in [-0.05, 0) is 134 Å². The highest BCUT2D eigenvalue weighted by atomic mass is 31.1. The second-order valence-electron chi connectivity index (χ2n) is 19.6. The number of amides is 1. The van der Waals surface area contributed by atoms with Gasteiger partial charge in [-0.1, -0.05) is 157 Å². The highest BCUT2D eigenvalue weighted by Gasteiger charge is 2.59. The zero-order valence-electron chi connectivity index (χ0n) is 36.8. The first-order valence-corrected chi connectivity index (χ1v) is 24.7. The summed E-state index contributed by atoms with van der Waals surface area (Å²) in [7, 11) is -0.662. The first-order chi connectivity index (χ1) is 28.5. The molecule has 0 bridgehead atoms. The lowest BCUT2D eigenvalue weighted by molar-refractivity contribution is -0.145. The molecule has 318 valence electrons. The van der Waals surface area contributed by atoms with Crippen molar-refractivity contribution in [3.8, 4) is 0 Å². The van der Waals surface area contributed by atoms with Gasteiger partial charge in [0.15, 0.2) is 0 Å². The summed E-state index contributed by atoms with van der Waals surface area (Å²) in [5, 5.41) is 6.89. The average Bonchev–Trinajstić information content (AvgIpc) is 3.60. The van der Waals surface area contributed by atoms with Crippen LogP contribution in [0.25, 0.3) is 0 Å². The van der Waals surface area contributed by atoms with Gasteiger partial charge in [-0.3, -0.25) is 4.79 Å². The molecule has 4 aliphatic rings. The van der Waals surface area contributed by atoms with Crippen LogP contribution in [0.4, 0.5) is 4.79 Å². The SMILES string of the molecule is CC(C)CCC[C@@H](C)[C@H]1CC[C@H]2[C@@H]3CC=C4C[C@@H](OC(=O)NCCCCCC(=O)OCc5ccc(P(c6ccccc6)c6ccccc6)cc5)CC[C@]4(C)[C@H]3CC[C@]12C. The molecule has 0 saturated heterocycles. The minimum absolute atomic E-state index is 0.0385. The number of carbonyl (C=O) groups is 2. The molecule has 0 aliphatic heterocycles. The minimum atomic E-state index is -0.662. The van der Waals surface area contributed by atoms with E-state index >= 15 is 0 Å². The molecule has 1 amide bonds. The number of rotatable bonds is 17. The number of hydrogen-bond acceptors (Lipinski definition) is 4. The predicted octanol–water partition coefficient (Wildman–Crippen LogP) is 12.2. The van der Waals surface area contributed by atoms with E-state index in [9.17, 15) is 9.59 Å². The van der Waals surface area contributed by atoms with E-state index in [-0.39, 0.29) is 30.2 Å². The van der Waals surface area contributed by atoms with E-state index in [0.29, 0.717) is 18.4 Å². The van der Waals surface area contributed by atoms with Crippen molar-refractivity contribution in [2.24, 2.45) is 46.3 Å². The number of carbonyl (C=O) groups excluding carboxylic acids is 2. The van der Waals surface area contributed by atoms with E-state index < -0.39 is 7.92 Å². The fourth-order valence-electron chi connectivity index (χ4n) is 12.3. The molecule has 6 heteroatoms. The summed E-state index contributed by atoms with van der Waals surface area (Å²) in [6.07, 6.45) is 19.0. The van der Waals surface area contributed by atoms with Crippen molar-refractivity contribution in [3.05, 3.63) is 102 Å². The van der Waals surface area contributed by atoms with Crippen molar-refractivity contribution in [2.75, 3.05) is 6.54 Å². The summed E-state index contributed by atoms with van der Waals surface area (Å²) < 4.78 is 11.6. The normalized spacial score (nSPS) is 27.9. The standard InChI is InChI=1S/C53H72NO4P/c1-38(2)16-15-17-39(3)47-29-30-48-46-28-25-41-36-42(31-33-52(41,4)49(46)32-34-53(47,48)5)58-51(56)54-35-14-8-13-22-50(55)57-37-40-23-26-45(27-24-40)59(43-18-9-6-10-19-43)44-20-11-7-12-21-44/h6-7,9-12,18-21,23-27,38-39,42,46-49H,8,13-17,22,28-37H2,1-5H3,(H,54,56)/t39-,42+,46+,47-,48+,49+,52+,53-/m1/s1. The molecule has 0 heterocycles. The average molecular weight is 818 g/mol. The van der Waals surface area contributed by atoms with E-state index in [1.54, 1.807) is 5.57 Å². The molecule has 0 aromatic heterocycles. The van der Waals surface area contributed by atoms with E-state index in [1.807, 2.05) is 0 Å². The number of esters is 1. The van der Waals surface area contributed by atoms with Gasteiger partial charge in [0.1, 0.15) is 12.7 Å². The Labute approximate surface area is 357 Å². The van der Waals surface area contributed by atoms with Crippen LogP contribution in [0.1, 0.15) is 136 Å². The van der Waals surface area contributed by atoms with Crippen LogP contribution in [0.5, 0.6) is 0 Å². The van der Waals surface area contributed by atoms with Gasteiger partial charge in [0.05, 0.1) is 0 Å². The second-order valence-corrected chi connectivity index (χ2v) is 21.9. The number of fused-ring (bicyclic) bond motifs is 5. The van der Waals surface area contributed by atoms with Crippen LogP contribution in [0.15, 0.2) is 96.6 Å². The number of hydrogen-bond donors (Lipinski definition) is 1. The number of nitrogens with one attached hydrogen (secondary N) is 1. The topological polar surface area (TPSA) is 64.6 Å². The van der Waals surface area contributed by atoms with Crippen LogP contribution in [-0.2, 0) is 20.9 Å². The zero-order valence-corrected chi connectivity index (χ0v) is 37.7. The van der Waals surface area contributed by atoms with Crippen LogP contribution in [0, 0.1) is 46.3 Å². The fourth-order valence-corrected chi connectivity index (χ4v) is 14.6. The Bertz CT molecular complexity index is 1800. The van der Waals surface area contributed by atoms with Crippen molar-refractivity contribution in [1.82, 2.24) is 5.32 Å². The number of unbranched alkanes of at least 4 members (excludes halogenated alkanes) is 2. The van der Waals surface area contributed by atoms with Crippen LogP contribution < -0.4 is 21.2 Å². The monoisotopic (exact) mass is 818 g/mol. The van der Waals surface area contributed by atoms with E-state index in [4.69, 9.17) is 9.47 Å². The Morgan fingerprint density at radius 1 is 0.763 bits per heavy atom. The summed E-state index contributed by atoms with van der Waals surface area (Å²) in [4.78, 5) is 25.4. The lowest BCUT2D eigenvalue weighted by atomic mass is 9.47. The molecule has 5 nitrogen and oxygen atoms in total. The van der Waals surface area contributed by atoms with Gasteiger partial charge in [0.25, 0.3) is 0 Å². The molecular weight excluding hydrogens is 746 g/mol. The van der Waals surface area contributed by atoms with E-state index in [0.717, 1.165) is 79.6 Å². The molecule has 1 N–H and O–H groups in total. The third-order valence-electron chi connectivity index (χ3n) is 15.5. The molecule has 3 aromatic carbocycles. The Morgan fingerprint density at radius 3 is 2.15 bits per heavy atom. The molecule has 0 spiro atoms. The summed E-state index contributed by atoms with van der Waals surface area (Å²) in [6.45, 7) is 13.4. The van der Waals surface area contributed by atoms with Gasteiger partial charge in [-0.2, -0.15) is 0 Å². The molecule has 8 atom stereocenters. The van der Waals surface area contributed by atoms with Gasteiger partial charge < -0.3 is 14.8 Å². The fraction of sp³-hybridized carbons (Fsp3) is 0.585. The third-order valence-corrected chi connectivity index (χ3v) is 17.9. The van der Waals surface area contributed by atoms with Crippen molar-refractivity contribution in [2.45, 2.75) is 144 Å². The number of ether oxygens (including phenoxy) is 2. The first kappa shape index (κ1) is 43.7. The number of benzene rings is 3. The molecule has 0 radical (unpaired) electrons. The maximum atomic E-state index is 12.9. The summed E-state index contributed by atoms with van der Waals surface area (Å²) >= 11 is 0. The molecule has 0 unspecified atom stereocenters. The van der Waals surface area contributed by atoms with Gasteiger partial charge >= 0.3 is 12.1 Å². The lowest BCUT2D eigenvalue weighted by Crippen LogP contribution is -2.51. The van der Waals surface area contributed by atoms with Gasteiger partial charge in [0.2, 0.25) is 0 Å². The Balaban J connectivity index is 0.789. The predicted molar refractivity (Wildman–Crippen MR) is 245 cm³/mol. The molecule has 3 aromatic rings. The Kier molecular flexibility index (Phi) is 14.8. The van der Waals surface area contributed by atoms with Gasteiger partial charge in [0, 0.05) is 19.4 Å². The quantitative estimate of drug-likeness (QED) is 0.0638. The van der Waals surface area contributed by atoms with Crippen molar-refractivity contribution < 1.29 is 19.1 Å². The Morgan fingerprint density at radius 2 is 1.46 bits per heavy atom. The van der Waals surface area contributed by atoms with E-state index in [1.165, 1.54) is 67.3 Å². The molecular formula is C53H72NO4P. The summed E-state index contributed by atoms with van der Waals surface area (Å²) in [5.41, 5.74) is 3.31. The highest BCUT2D eigenvalue weighted by Crippen LogP contribution is 2.67. The lowest BCUT2D eigenvalue weighted by Gasteiger charge is -2.58. The number of allylic oxidation sites excluding steroid dienone is 1. The highest BCUT2D eigenvalue weighted by molar-refractivity contribution is 7.79. The van der Waals surface area contributed by atoms with Crippen LogP contribution >= 0.6 is 7.92 Å². The van der Waals surface area contributed by atoms with Crippen LogP contribution in [-0.4, -0.2) is 24.7 Å². The molecule has 4 aliphatic carbocycles. The van der Waals surface area contributed by atoms with E-state index in [2.05, 4.69) is 131 Å². The van der Waals surface area contributed by atoms with Gasteiger partial charge in [-0.25, -0.2) is 4.79 Å². The largest absolute Gasteiger partial charge is 0.461 e. The van der Waals surface area contributed by atoms with Crippen molar-refractivity contribution in [1.29, 1.82) is 0 Å². The van der Waals surface area contributed by atoms with Crippen molar-refractivity contribution >= 4 is 35.9 Å². The summed E-state index contributed by atoms with van der Waals surface area (Å²) in [6, 6.07) is 29.8. The van der Waals surface area contributed by atoms with Crippen LogP contribution in [0.2, 0.25) is 0 Å². The molecule has 3 fully saturated rings. The van der Waals surface area contributed by atoms with Crippen molar-refractivity contribution in [3.63, 3.8) is 0 Å². The molecule has 3 saturated carbocycles.